The lowest BCUT2D eigenvalue weighted by Crippen LogP contribution is -2.08. The summed E-state index contributed by atoms with van der Waals surface area (Å²) in [6.45, 7) is 2.59. The van der Waals surface area contributed by atoms with Gasteiger partial charge in [-0.25, -0.2) is 0 Å². The molecule has 1 aromatic rings. The summed E-state index contributed by atoms with van der Waals surface area (Å²) in [5.74, 6) is 0.486. The van der Waals surface area contributed by atoms with Crippen LogP contribution in [0.2, 0.25) is 0 Å². The number of alkyl halides is 3. The van der Waals surface area contributed by atoms with E-state index in [2.05, 4.69) is 0 Å². The lowest BCUT2D eigenvalue weighted by molar-refractivity contribution is -0.137. The molecule has 0 radical (unpaired) electrons. The Morgan fingerprint density at radius 2 is 2.00 bits per heavy atom. The normalized spacial score (nSPS) is 13.4. The van der Waals surface area contributed by atoms with E-state index in [4.69, 9.17) is 10.5 Å². The molecule has 108 valence electrons. The summed E-state index contributed by atoms with van der Waals surface area (Å²) in [5, 5.41) is 0. The lowest BCUT2D eigenvalue weighted by atomic mass is 9.90. The third kappa shape index (κ3) is 4.13. The highest BCUT2D eigenvalue weighted by atomic mass is 19.4. The summed E-state index contributed by atoms with van der Waals surface area (Å²) < 4.78 is 43.1. The first-order valence-corrected chi connectivity index (χ1v) is 6.39. The van der Waals surface area contributed by atoms with E-state index in [-0.39, 0.29) is 5.92 Å². The molecule has 0 spiro atoms. The van der Waals surface area contributed by atoms with Crippen LogP contribution in [0, 0.1) is 0 Å². The molecule has 0 bridgehead atoms. The van der Waals surface area contributed by atoms with Crippen molar-refractivity contribution in [3.63, 3.8) is 0 Å². The van der Waals surface area contributed by atoms with Gasteiger partial charge in [-0.1, -0.05) is 13.0 Å². The molecule has 0 aliphatic heterocycles. The van der Waals surface area contributed by atoms with Crippen molar-refractivity contribution in [2.24, 2.45) is 5.73 Å². The predicted molar refractivity (Wildman–Crippen MR) is 69.3 cm³/mol. The average molecular weight is 275 g/mol. The van der Waals surface area contributed by atoms with Crippen LogP contribution in [-0.4, -0.2) is 13.7 Å². The van der Waals surface area contributed by atoms with Gasteiger partial charge >= 0.3 is 6.18 Å². The summed E-state index contributed by atoms with van der Waals surface area (Å²) in [6.07, 6.45) is -1.79. The fourth-order valence-electron chi connectivity index (χ4n) is 2.17. The maximum atomic E-state index is 12.6. The molecule has 0 amide bonds. The molecule has 0 saturated carbocycles. The Balaban J connectivity index is 3.07. The molecule has 0 fully saturated rings. The van der Waals surface area contributed by atoms with Gasteiger partial charge in [0.25, 0.3) is 0 Å². The summed E-state index contributed by atoms with van der Waals surface area (Å²) in [4.78, 5) is 0. The number of ether oxygens (including phenoxy) is 1. The first-order chi connectivity index (χ1) is 8.93. The van der Waals surface area contributed by atoms with Crippen molar-refractivity contribution in [1.82, 2.24) is 0 Å². The molecule has 5 heteroatoms. The van der Waals surface area contributed by atoms with Crippen molar-refractivity contribution >= 4 is 0 Å². The standard InChI is InChI=1S/C14H20F3NO/c1-3-10(5-4-8-18)12-7-6-11(14(15,16)17)9-13(12)19-2/h6-7,9-10H,3-5,8,18H2,1-2H3. The zero-order valence-electron chi connectivity index (χ0n) is 11.3. The molecule has 0 aliphatic rings. The highest BCUT2D eigenvalue weighted by Crippen LogP contribution is 2.37. The molecular formula is C14H20F3NO. The molecule has 1 unspecified atom stereocenters. The van der Waals surface area contributed by atoms with E-state index in [9.17, 15) is 13.2 Å². The predicted octanol–water partition coefficient (Wildman–Crippen LogP) is 3.95. The first kappa shape index (κ1) is 15.8. The topological polar surface area (TPSA) is 35.2 Å². The summed E-state index contributed by atoms with van der Waals surface area (Å²) in [5.41, 5.74) is 5.63. The number of nitrogens with two attached hydrogens (primary N) is 1. The number of benzene rings is 1. The van der Waals surface area contributed by atoms with E-state index >= 15 is 0 Å². The fourth-order valence-corrected chi connectivity index (χ4v) is 2.17. The molecular weight excluding hydrogens is 255 g/mol. The SMILES string of the molecule is CCC(CCCN)c1ccc(C(F)(F)F)cc1OC. The molecule has 2 N–H and O–H groups in total. The van der Waals surface area contributed by atoms with E-state index in [0.29, 0.717) is 12.3 Å². The highest BCUT2D eigenvalue weighted by molar-refractivity contribution is 5.41. The van der Waals surface area contributed by atoms with Gasteiger partial charge in [0.2, 0.25) is 0 Å². The van der Waals surface area contributed by atoms with E-state index in [0.717, 1.165) is 37.0 Å². The Morgan fingerprint density at radius 3 is 2.47 bits per heavy atom. The molecule has 0 aromatic heterocycles. The Morgan fingerprint density at radius 1 is 1.32 bits per heavy atom. The maximum absolute atomic E-state index is 12.6. The molecule has 0 heterocycles. The smallest absolute Gasteiger partial charge is 0.416 e. The zero-order valence-corrected chi connectivity index (χ0v) is 11.3. The van der Waals surface area contributed by atoms with Gasteiger partial charge in [0, 0.05) is 0 Å². The summed E-state index contributed by atoms with van der Waals surface area (Å²) in [7, 11) is 1.40. The minimum absolute atomic E-state index is 0.181. The van der Waals surface area contributed by atoms with Gasteiger partial charge in [0.1, 0.15) is 5.75 Å². The average Bonchev–Trinajstić information content (AvgIpc) is 2.38. The third-order valence-corrected chi connectivity index (χ3v) is 3.25. The minimum Gasteiger partial charge on any atom is -0.496 e. The van der Waals surface area contributed by atoms with Gasteiger partial charge in [-0.2, -0.15) is 13.2 Å². The van der Waals surface area contributed by atoms with Crippen molar-refractivity contribution in [2.75, 3.05) is 13.7 Å². The Hall–Kier alpha value is -1.23. The number of rotatable bonds is 6. The van der Waals surface area contributed by atoms with Crippen molar-refractivity contribution in [2.45, 2.75) is 38.3 Å². The van der Waals surface area contributed by atoms with Gasteiger partial charge in [-0.05, 0) is 49.4 Å². The van der Waals surface area contributed by atoms with Crippen LogP contribution < -0.4 is 10.5 Å². The van der Waals surface area contributed by atoms with E-state index in [1.807, 2.05) is 6.92 Å². The third-order valence-electron chi connectivity index (χ3n) is 3.25. The van der Waals surface area contributed by atoms with Gasteiger partial charge in [0.15, 0.2) is 0 Å². The lowest BCUT2D eigenvalue weighted by Gasteiger charge is -2.19. The number of hydrogen-bond donors (Lipinski definition) is 1. The number of hydrogen-bond acceptors (Lipinski definition) is 2. The summed E-state index contributed by atoms with van der Waals surface area (Å²) in [6, 6.07) is 3.70. The van der Waals surface area contributed by atoms with Gasteiger partial charge < -0.3 is 10.5 Å². The van der Waals surface area contributed by atoms with E-state index < -0.39 is 11.7 Å². The second kappa shape index (κ2) is 6.80. The van der Waals surface area contributed by atoms with E-state index in [1.165, 1.54) is 13.2 Å². The Kier molecular flexibility index (Phi) is 5.66. The molecule has 19 heavy (non-hydrogen) atoms. The highest BCUT2D eigenvalue weighted by Gasteiger charge is 2.31. The van der Waals surface area contributed by atoms with Crippen LogP contribution in [0.3, 0.4) is 0 Å². The van der Waals surface area contributed by atoms with Gasteiger partial charge in [-0.15, -0.1) is 0 Å². The second-order valence-electron chi connectivity index (χ2n) is 4.49. The minimum atomic E-state index is -4.34. The van der Waals surface area contributed by atoms with Crippen LogP contribution in [0.15, 0.2) is 18.2 Å². The molecule has 1 atom stereocenters. The number of halogens is 3. The van der Waals surface area contributed by atoms with Crippen LogP contribution in [0.25, 0.3) is 0 Å². The van der Waals surface area contributed by atoms with Crippen LogP contribution in [-0.2, 0) is 6.18 Å². The first-order valence-electron chi connectivity index (χ1n) is 6.39. The van der Waals surface area contributed by atoms with Crippen LogP contribution in [0.4, 0.5) is 13.2 Å². The second-order valence-corrected chi connectivity index (χ2v) is 4.49. The fraction of sp³-hybridized carbons (Fsp3) is 0.571. The van der Waals surface area contributed by atoms with Crippen LogP contribution >= 0.6 is 0 Å². The van der Waals surface area contributed by atoms with Gasteiger partial charge in [-0.3, -0.25) is 0 Å². The molecule has 2 nitrogen and oxygen atoms in total. The van der Waals surface area contributed by atoms with Crippen molar-refractivity contribution in [1.29, 1.82) is 0 Å². The Labute approximate surface area is 111 Å². The molecule has 0 aliphatic carbocycles. The number of methoxy groups -OCH3 is 1. The quantitative estimate of drug-likeness (QED) is 0.853. The summed E-state index contributed by atoms with van der Waals surface area (Å²) >= 11 is 0. The van der Waals surface area contributed by atoms with Crippen molar-refractivity contribution in [3.8, 4) is 5.75 Å². The van der Waals surface area contributed by atoms with Crippen molar-refractivity contribution < 1.29 is 17.9 Å². The van der Waals surface area contributed by atoms with E-state index in [1.54, 1.807) is 0 Å². The monoisotopic (exact) mass is 275 g/mol. The molecule has 1 aromatic carbocycles. The maximum Gasteiger partial charge on any atom is 0.416 e. The molecule has 1 rings (SSSR count). The van der Waals surface area contributed by atoms with Crippen LogP contribution in [0.1, 0.15) is 43.2 Å². The zero-order chi connectivity index (χ0) is 14.5. The van der Waals surface area contributed by atoms with Gasteiger partial charge in [0.05, 0.1) is 12.7 Å². The van der Waals surface area contributed by atoms with Crippen LogP contribution in [0.5, 0.6) is 5.75 Å². The van der Waals surface area contributed by atoms with Crippen molar-refractivity contribution in [3.05, 3.63) is 29.3 Å². The largest absolute Gasteiger partial charge is 0.496 e. The Bertz CT molecular complexity index is 404. The molecule has 0 saturated heterocycles.